The maximum absolute atomic E-state index is 11.5. The SMILES string of the molecule is CCN(CC)CCC(C)Oc1ccccc1C(C)=O. The van der Waals surface area contributed by atoms with Crippen molar-refractivity contribution in [1.29, 1.82) is 0 Å². The van der Waals surface area contributed by atoms with Crippen LogP contribution in [0.25, 0.3) is 0 Å². The maximum atomic E-state index is 11.5. The number of ether oxygens (including phenoxy) is 1. The molecule has 0 amide bonds. The smallest absolute Gasteiger partial charge is 0.163 e. The Morgan fingerprint density at radius 3 is 2.47 bits per heavy atom. The lowest BCUT2D eigenvalue weighted by Gasteiger charge is -2.22. The molecule has 0 aromatic heterocycles. The average molecular weight is 263 g/mol. The fourth-order valence-electron chi connectivity index (χ4n) is 2.04. The number of hydrogen-bond donors (Lipinski definition) is 0. The van der Waals surface area contributed by atoms with Gasteiger partial charge in [0.2, 0.25) is 0 Å². The van der Waals surface area contributed by atoms with Gasteiger partial charge in [-0.1, -0.05) is 26.0 Å². The van der Waals surface area contributed by atoms with Crippen molar-refractivity contribution in [1.82, 2.24) is 4.90 Å². The van der Waals surface area contributed by atoms with Crippen molar-refractivity contribution in [2.45, 2.75) is 40.2 Å². The Kier molecular flexibility index (Phi) is 6.57. The van der Waals surface area contributed by atoms with Crippen LogP contribution in [-0.2, 0) is 0 Å². The number of carbonyl (C=O) groups is 1. The van der Waals surface area contributed by atoms with Gasteiger partial charge in [-0.15, -0.1) is 0 Å². The molecule has 1 aromatic rings. The van der Waals surface area contributed by atoms with Crippen LogP contribution < -0.4 is 4.74 Å². The monoisotopic (exact) mass is 263 g/mol. The highest BCUT2D eigenvalue weighted by Gasteiger charge is 2.11. The van der Waals surface area contributed by atoms with Crippen molar-refractivity contribution in [3.63, 3.8) is 0 Å². The molecule has 1 atom stereocenters. The van der Waals surface area contributed by atoms with E-state index < -0.39 is 0 Å². The Bertz CT molecular complexity index is 399. The highest BCUT2D eigenvalue weighted by molar-refractivity contribution is 5.96. The summed E-state index contributed by atoms with van der Waals surface area (Å²) >= 11 is 0. The second kappa shape index (κ2) is 7.95. The molecule has 0 spiro atoms. The molecule has 0 saturated heterocycles. The van der Waals surface area contributed by atoms with E-state index in [0.29, 0.717) is 11.3 Å². The minimum atomic E-state index is 0.0477. The topological polar surface area (TPSA) is 29.5 Å². The van der Waals surface area contributed by atoms with Gasteiger partial charge in [-0.3, -0.25) is 4.79 Å². The molecule has 0 heterocycles. The van der Waals surface area contributed by atoms with Crippen LogP contribution >= 0.6 is 0 Å². The highest BCUT2D eigenvalue weighted by Crippen LogP contribution is 2.20. The summed E-state index contributed by atoms with van der Waals surface area (Å²) in [6.07, 6.45) is 1.08. The van der Waals surface area contributed by atoms with Crippen LogP contribution in [0.1, 0.15) is 44.5 Å². The number of ketones is 1. The van der Waals surface area contributed by atoms with Gasteiger partial charge >= 0.3 is 0 Å². The molecule has 0 aliphatic rings. The summed E-state index contributed by atoms with van der Waals surface area (Å²) in [5.74, 6) is 0.744. The molecule has 0 aliphatic carbocycles. The average Bonchev–Trinajstić information content (AvgIpc) is 2.40. The molecular weight excluding hydrogens is 238 g/mol. The van der Waals surface area contributed by atoms with E-state index >= 15 is 0 Å². The van der Waals surface area contributed by atoms with Crippen LogP contribution in [0.15, 0.2) is 24.3 Å². The van der Waals surface area contributed by atoms with Crippen molar-refractivity contribution in [2.24, 2.45) is 0 Å². The van der Waals surface area contributed by atoms with Crippen molar-refractivity contribution >= 4 is 5.78 Å². The van der Waals surface area contributed by atoms with Gasteiger partial charge in [-0.2, -0.15) is 0 Å². The number of para-hydroxylation sites is 1. The molecule has 1 rings (SSSR count). The first-order chi connectivity index (χ1) is 9.08. The third-order valence-corrected chi connectivity index (χ3v) is 3.34. The van der Waals surface area contributed by atoms with E-state index in [4.69, 9.17) is 4.74 Å². The Morgan fingerprint density at radius 2 is 1.89 bits per heavy atom. The van der Waals surface area contributed by atoms with Crippen LogP contribution in [0.5, 0.6) is 5.75 Å². The molecule has 0 bridgehead atoms. The number of rotatable bonds is 8. The van der Waals surface area contributed by atoms with Crippen molar-refractivity contribution in [3.05, 3.63) is 29.8 Å². The second-order valence-corrected chi connectivity index (χ2v) is 4.80. The Balaban J connectivity index is 2.57. The van der Waals surface area contributed by atoms with Crippen molar-refractivity contribution in [3.8, 4) is 5.75 Å². The third kappa shape index (κ3) is 5.03. The van der Waals surface area contributed by atoms with Gasteiger partial charge in [0.25, 0.3) is 0 Å². The highest BCUT2D eigenvalue weighted by atomic mass is 16.5. The van der Waals surface area contributed by atoms with Crippen LogP contribution in [-0.4, -0.2) is 36.4 Å². The first-order valence-electron chi connectivity index (χ1n) is 7.07. The molecule has 0 fully saturated rings. The molecule has 106 valence electrons. The molecule has 0 saturated carbocycles. The predicted molar refractivity (Wildman–Crippen MR) is 78.9 cm³/mol. The Morgan fingerprint density at radius 1 is 1.26 bits per heavy atom. The van der Waals surface area contributed by atoms with Gasteiger partial charge in [-0.05, 0) is 45.5 Å². The van der Waals surface area contributed by atoms with E-state index in [2.05, 4.69) is 25.7 Å². The molecule has 1 unspecified atom stereocenters. The molecule has 0 aliphatic heterocycles. The number of benzene rings is 1. The van der Waals surface area contributed by atoms with Crippen molar-refractivity contribution < 1.29 is 9.53 Å². The number of Topliss-reactive ketones (excluding diaryl/α,β-unsaturated/α-hetero) is 1. The van der Waals surface area contributed by atoms with Gasteiger partial charge in [0.05, 0.1) is 11.7 Å². The van der Waals surface area contributed by atoms with E-state index in [1.54, 1.807) is 6.92 Å². The lowest BCUT2D eigenvalue weighted by Crippen LogP contribution is -2.28. The summed E-state index contributed by atoms with van der Waals surface area (Å²) in [4.78, 5) is 13.9. The van der Waals surface area contributed by atoms with Gasteiger partial charge in [-0.25, -0.2) is 0 Å². The van der Waals surface area contributed by atoms with E-state index in [-0.39, 0.29) is 11.9 Å². The Labute approximate surface area is 116 Å². The van der Waals surface area contributed by atoms with E-state index in [1.165, 1.54) is 0 Å². The molecule has 0 N–H and O–H groups in total. The zero-order valence-electron chi connectivity index (χ0n) is 12.5. The first-order valence-corrected chi connectivity index (χ1v) is 7.07. The van der Waals surface area contributed by atoms with Gasteiger partial charge in [0, 0.05) is 6.54 Å². The van der Waals surface area contributed by atoms with Crippen LogP contribution in [0, 0.1) is 0 Å². The predicted octanol–water partition coefficient (Wildman–Crippen LogP) is 3.39. The van der Waals surface area contributed by atoms with Crippen LogP contribution in [0.2, 0.25) is 0 Å². The normalized spacial score (nSPS) is 12.5. The minimum absolute atomic E-state index is 0.0477. The summed E-state index contributed by atoms with van der Waals surface area (Å²) in [5, 5.41) is 0. The van der Waals surface area contributed by atoms with Gasteiger partial charge in [0.15, 0.2) is 5.78 Å². The Hall–Kier alpha value is -1.35. The molecular formula is C16H25NO2. The minimum Gasteiger partial charge on any atom is -0.490 e. The summed E-state index contributed by atoms with van der Waals surface area (Å²) in [6.45, 7) is 11.1. The fourth-order valence-corrected chi connectivity index (χ4v) is 2.04. The third-order valence-electron chi connectivity index (χ3n) is 3.34. The zero-order chi connectivity index (χ0) is 14.3. The van der Waals surface area contributed by atoms with Gasteiger partial charge in [0.1, 0.15) is 5.75 Å². The van der Waals surface area contributed by atoms with E-state index in [0.717, 1.165) is 26.1 Å². The van der Waals surface area contributed by atoms with Crippen molar-refractivity contribution in [2.75, 3.05) is 19.6 Å². The lowest BCUT2D eigenvalue weighted by atomic mass is 10.1. The standard InChI is InChI=1S/C16H25NO2/c1-5-17(6-2)12-11-13(3)19-16-10-8-7-9-15(16)14(4)18/h7-10,13H,5-6,11-12H2,1-4H3. The molecule has 1 aromatic carbocycles. The molecule has 0 radical (unpaired) electrons. The van der Waals surface area contributed by atoms with Crippen LogP contribution in [0.4, 0.5) is 0 Å². The fraction of sp³-hybridized carbons (Fsp3) is 0.562. The molecule has 3 heteroatoms. The summed E-state index contributed by atoms with van der Waals surface area (Å²) in [6, 6.07) is 7.45. The lowest BCUT2D eigenvalue weighted by molar-refractivity contribution is 0.101. The molecule has 19 heavy (non-hydrogen) atoms. The molecule has 3 nitrogen and oxygen atoms in total. The zero-order valence-corrected chi connectivity index (χ0v) is 12.5. The number of carbonyl (C=O) groups excluding carboxylic acids is 1. The quantitative estimate of drug-likeness (QED) is 0.673. The summed E-state index contributed by atoms with van der Waals surface area (Å²) in [7, 11) is 0. The summed E-state index contributed by atoms with van der Waals surface area (Å²) in [5.41, 5.74) is 0.664. The van der Waals surface area contributed by atoms with Crippen LogP contribution in [0.3, 0.4) is 0 Å². The first kappa shape index (κ1) is 15.7. The maximum Gasteiger partial charge on any atom is 0.163 e. The largest absolute Gasteiger partial charge is 0.490 e. The number of nitrogens with zero attached hydrogens (tertiary/aromatic N) is 1. The van der Waals surface area contributed by atoms with E-state index in [1.807, 2.05) is 24.3 Å². The second-order valence-electron chi connectivity index (χ2n) is 4.80. The van der Waals surface area contributed by atoms with Gasteiger partial charge < -0.3 is 9.64 Å². The summed E-state index contributed by atoms with van der Waals surface area (Å²) < 4.78 is 5.90. The number of hydrogen-bond acceptors (Lipinski definition) is 3. The van der Waals surface area contributed by atoms with E-state index in [9.17, 15) is 4.79 Å².